The Morgan fingerprint density at radius 2 is 0.524 bits per heavy atom. The summed E-state index contributed by atoms with van der Waals surface area (Å²) in [5.74, 6) is 0.0114. The SMILES string of the molecule is CCCCCCCCCCCCCCCCCC(=O)OC[C@@H](COC(=O)CCCCCCCCCCCCCC)OC(=O)CCCCCCCCCCCCCCCCCC(C)C. The fraction of sp³-hybridized carbons (Fsp3) is 0.947. The minimum Gasteiger partial charge on any atom is -0.462 e. The van der Waals surface area contributed by atoms with E-state index in [1.165, 1.54) is 218 Å². The lowest BCUT2D eigenvalue weighted by Crippen LogP contribution is -2.30. The van der Waals surface area contributed by atoms with Crippen molar-refractivity contribution in [3.8, 4) is 0 Å². The third kappa shape index (κ3) is 51.3. The number of rotatable bonds is 52. The van der Waals surface area contributed by atoms with Crippen molar-refractivity contribution in [2.24, 2.45) is 5.92 Å². The van der Waals surface area contributed by atoms with Gasteiger partial charge in [-0.1, -0.05) is 285 Å². The molecule has 0 N–H and O–H groups in total. The Morgan fingerprint density at radius 3 is 0.778 bits per heavy atom. The molecule has 0 aromatic carbocycles. The van der Waals surface area contributed by atoms with Crippen molar-refractivity contribution in [3.05, 3.63) is 0 Å². The van der Waals surface area contributed by atoms with Gasteiger partial charge < -0.3 is 14.2 Å². The van der Waals surface area contributed by atoms with Crippen LogP contribution in [0.3, 0.4) is 0 Å². The van der Waals surface area contributed by atoms with Crippen molar-refractivity contribution >= 4 is 17.9 Å². The zero-order valence-electron chi connectivity index (χ0n) is 43.0. The summed E-state index contributed by atoms with van der Waals surface area (Å²) in [4.78, 5) is 38.1. The Morgan fingerprint density at radius 1 is 0.302 bits per heavy atom. The van der Waals surface area contributed by atoms with Crippen LogP contribution in [0.1, 0.15) is 323 Å². The van der Waals surface area contributed by atoms with Crippen molar-refractivity contribution in [1.29, 1.82) is 0 Å². The topological polar surface area (TPSA) is 78.9 Å². The molecule has 0 aromatic rings. The molecule has 0 radical (unpaired) electrons. The number of hydrogen-bond acceptors (Lipinski definition) is 6. The maximum absolute atomic E-state index is 12.8. The van der Waals surface area contributed by atoms with E-state index in [4.69, 9.17) is 14.2 Å². The van der Waals surface area contributed by atoms with E-state index < -0.39 is 6.10 Å². The molecule has 0 aromatic heterocycles. The second-order valence-electron chi connectivity index (χ2n) is 20.1. The molecule has 0 aliphatic carbocycles. The van der Waals surface area contributed by atoms with E-state index >= 15 is 0 Å². The molecule has 6 nitrogen and oxygen atoms in total. The Balaban J connectivity index is 4.28. The zero-order valence-corrected chi connectivity index (χ0v) is 43.0. The van der Waals surface area contributed by atoms with Gasteiger partial charge in [-0.3, -0.25) is 14.4 Å². The van der Waals surface area contributed by atoms with E-state index in [9.17, 15) is 14.4 Å². The summed E-state index contributed by atoms with van der Waals surface area (Å²) in [5, 5.41) is 0. The lowest BCUT2D eigenvalue weighted by molar-refractivity contribution is -0.167. The van der Waals surface area contributed by atoms with E-state index in [-0.39, 0.29) is 31.1 Å². The lowest BCUT2D eigenvalue weighted by atomic mass is 10.0. The molecule has 0 saturated carbocycles. The standard InChI is InChI=1S/C57H110O6/c1-5-7-9-11-13-15-17-19-21-25-29-33-37-41-45-49-56(59)62-52-54(51-61-55(58)48-44-40-36-32-28-18-16-14-12-10-8-6-2)63-57(60)50-46-42-38-34-30-26-23-20-22-24-27-31-35-39-43-47-53(3)4/h53-54H,5-52H2,1-4H3/t54-/m1/s1. The molecule has 0 aliphatic heterocycles. The zero-order chi connectivity index (χ0) is 45.9. The first kappa shape index (κ1) is 61.4. The van der Waals surface area contributed by atoms with Crippen LogP contribution in [0, 0.1) is 5.92 Å². The average molecular weight is 892 g/mol. The molecule has 0 unspecified atom stereocenters. The van der Waals surface area contributed by atoms with E-state index in [2.05, 4.69) is 27.7 Å². The van der Waals surface area contributed by atoms with Crippen LogP contribution in [0.4, 0.5) is 0 Å². The summed E-state index contributed by atoms with van der Waals surface area (Å²) in [5.41, 5.74) is 0. The van der Waals surface area contributed by atoms with Gasteiger partial charge in [0, 0.05) is 19.3 Å². The Bertz CT molecular complexity index is 949. The molecule has 0 heterocycles. The van der Waals surface area contributed by atoms with Crippen molar-refractivity contribution in [2.75, 3.05) is 13.2 Å². The highest BCUT2D eigenvalue weighted by Crippen LogP contribution is 2.18. The molecule has 0 rings (SSSR count). The summed E-state index contributed by atoms with van der Waals surface area (Å²) >= 11 is 0. The molecule has 0 amide bonds. The van der Waals surface area contributed by atoms with Crippen LogP contribution in [0.5, 0.6) is 0 Å². The first-order chi connectivity index (χ1) is 30.9. The quantitative estimate of drug-likeness (QED) is 0.0344. The molecule has 0 aliphatic rings. The Kier molecular flexibility index (Phi) is 50.1. The largest absolute Gasteiger partial charge is 0.462 e. The van der Waals surface area contributed by atoms with Gasteiger partial charge in [0.15, 0.2) is 6.10 Å². The molecule has 0 spiro atoms. The Labute approximate surface area is 393 Å². The van der Waals surface area contributed by atoms with Gasteiger partial charge in [-0.2, -0.15) is 0 Å². The number of carbonyl (C=O) groups excluding carboxylic acids is 3. The number of unbranched alkanes of at least 4 members (excludes halogenated alkanes) is 39. The van der Waals surface area contributed by atoms with Gasteiger partial charge in [0.2, 0.25) is 0 Å². The maximum Gasteiger partial charge on any atom is 0.306 e. The monoisotopic (exact) mass is 891 g/mol. The fourth-order valence-corrected chi connectivity index (χ4v) is 8.75. The fourth-order valence-electron chi connectivity index (χ4n) is 8.75. The summed E-state index contributed by atoms with van der Waals surface area (Å²) < 4.78 is 16.9. The van der Waals surface area contributed by atoms with Crippen LogP contribution in [-0.4, -0.2) is 37.2 Å². The first-order valence-corrected chi connectivity index (χ1v) is 28.4. The highest BCUT2D eigenvalue weighted by Gasteiger charge is 2.19. The van der Waals surface area contributed by atoms with Crippen LogP contribution < -0.4 is 0 Å². The van der Waals surface area contributed by atoms with Crippen molar-refractivity contribution in [2.45, 2.75) is 329 Å². The Hall–Kier alpha value is -1.59. The number of ether oxygens (including phenoxy) is 3. The normalized spacial score (nSPS) is 12.0. The average Bonchev–Trinajstić information content (AvgIpc) is 3.27. The maximum atomic E-state index is 12.8. The third-order valence-electron chi connectivity index (χ3n) is 13.0. The molecule has 374 valence electrons. The summed E-state index contributed by atoms with van der Waals surface area (Å²) in [6.07, 6.45) is 55.2. The van der Waals surface area contributed by atoms with Gasteiger partial charge in [0.05, 0.1) is 0 Å². The van der Waals surface area contributed by atoms with E-state index in [0.29, 0.717) is 19.3 Å². The molecule has 6 heteroatoms. The first-order valence-electron chi connectivity index (χ1n) is 28.4. The van der Waals surface area contributed by atoms with Crippen LogP contribution >= 0.6 is 0 Å². The van der Waals surface area contributed by atoms with E-state index in [0.717, 1.165) is 63.7 Å². The molecule has 0 fully saturated rings. The molecule has 1 atom stereocenters. The van der Waals surface area contributed by atoms with Gasteiger partial charge >= 0.3 is 17.9 Å². The van der Waals surface area contributed by atoms with E-state index in [1.807, 2.05) is 0 Å². The van der Waals surface area contributed by atoms with E-state index in [1.54, 1.807) is 0 Å². The van der Waals surface area contributed by atoms with Crippen LogP contribution in [0.25, 0.3) is 0 Å². The highest BCUT2D eigenvalue weighted by atomic mass is 16.6. The predicted octanol–water partition coefficient (Wildman–Crippen LogP) is 18.6. The number of hydrogen-bond donors (Lipinski definition) is 0. The van der Waals surface area contributed by atoms with Crippen molar-refractivity contribution < 1.29 is 28.6 Å². The number of esters is 3. The van der Waals surface area contributed by atoms with Gasteiger partial charge in [-0.25, -0.2) is 0 Å². The minimum atomic E-state index is -0.761. The van der Waals surface area contributed by atoms with Crippen molar-refractivity contribution in [3.63, 3.8) is 0 Å². The van der Waals surface area contributed by atoms with Crippen LogP contribution in [-0.2, 0) is 28.6 Å². The second kappa shape index (κ2) is 51.4. The van der Waals surface area contributed by atoms with Gasteiger partial charge in [0.1, 0.15) is 13.2 Å². The molecule has 0 bridgehead atoms. The summed E-state index contributed by atoms with van der Waals surface area (Å²) in [6, 6.07) is 0. The summed E-state index contributed by atoms with van der Waals surface area (Å²) in [6.45, 7) is 9.06. The summed E-state index contributed by atoms with van der Waals surface area (Å²) in [7, 11) is 0. The molecule has 63 heavy (non-hydrogen) atoms. The molecule has 0 saturated heterocycles. The molecular weight excluding hydrogens is 781 g/mol. The van der Waals surface area contributed by atoms with Crippen LogP contribution in [0.15, 0.2) is 0 Å². The third-order valence-corrected chi connectivity index (χ3v) is 13.0. The second-order valence-corrected chi connectivity index (χ2v) is 20.1. The van der Waals surface area contributed by atoms with Crippen molar-refractivity contribution in [1.82, 2.24) is 0 Å². The lowest BCUT2D eigenvalue weighted by Gasteiger charge is -2.18. The number of carbonyl (C=O) groups is 3. The van der Waals surface area contributed by atoms with Gasteiger partial charge in [-0.15, -0.1) is 0 Å². The highest BCUT2D eigenvalue weighted by molar-refractivity contribution is 5.71. The minimum absolute atomic E-state index is 0.0619. The molecular formula is C57H110O6. The van der Waals surface area contributed by atoms with Gasteiger partial charge in [0.25, 0.3) is 0 Å². The predicted molar refractivity (Wildman–Crippen MR) is 270 cm³/mol. The smallest absolute Gasteiger partial charge is 0.306 e. The van der Waals surface area contributed by atoms with Crippen LogP contribution in [0.2, 0.25) is 0 Å². The van der Waals surface area contributed by atoms with Gasteiger partial charge in [-0.05, 0) is 25.2 Å².